The molecule has 0 saturated carbocycles. The first kappa shape index (κ1) is 24.1. The van der Waals surface area contributed by atoms with E-state index in [1.807, 2.05) is 27.7 Å². The van der Waals surface area contributed by atoms with Gasteiger partial charge in [0.1, 0.15) is 11.9 Å². The number of esters is 1. The third-order valence-electron chi connectivity index (χ3n) is 6.41. The van der Waals surface area contributed by atoms with Crippen molar-refractivity contribution in [2.75, 3.05) is 0 Å². The Labute approximate surface area is 164 Å². The first-order chi connectivity index (χ1) is 12.5. The third-order valence-corrected chi connectivity index (χ3v) is 6.41. The van der Waals surface area contributed by atoms with Crippen LogP contribution in [0.5, 0.6) is 0 Å². The molecule has 0 aromatic heterocycles. The topological polar surface area (TPSA) is 83.8 Å². The van der Waals surface area contributed by atoms with Crippen molar-refractivity contribution in [3.05, 3.63) is 0 Å². The molecular formula is C22H40O5. The number of aliphatic hydroxyl groups is 2. The Bertz CT molecular complexity index is 491. The summed E-state index contributed by atoms with van der Waals surface area (Å²) in [7, 11) is 0. The zero-order chi connectivity index (χ0) is 20.9. The Hall–Kier alpha value is -0.940. The predicted molar refractivity (Wildman–Crippen MR) is 106 cm³/mol. The van der Waals surface area contributed by atoms with Gasteiger partial charge in [-0.25, -0.2) is 0 Å². The van der Waals surface area contributed by atoms with Crippen LogP contribution in [-0.4, -0.2) is 40.3 Å². The lowest BCUT2D eigenvalue weighted by Gasteiger charge is -2.34. The zero-order valence-electron chi connectivity index (χ0n) is 18.1. The minimum absolute atomic E-state index is 0.0569. The van der Waals surface area contributed by atoms with Crippen molar-refractivity contribution in [3.8, 4) is 0 Å². The second kappa shape index (κ2) is 10.6. The van der Waals surface area contributed by atoms with Gasteiger partial charge in [-0.1, -0.05) is 48.0 Å². The molecule has 1 unspecified atom stereocenters. The Kier molecular flexibility index (Phi) is 9.43. The molecule has 0 amide bonds. The second-order valence-corrected chi connectivity index (χ2v) is 9.04. The summed E-state index contributed by atoms with van der Waals surface area (Å²) in [5, 5.41) is 21.4. The molecular weight excluding hydrogens is 344 g/mol. The molecule has 2 N–H and O–H groups in total. The van der Waals surface area contributed by atoms with Crippen LogP contribution in [0, 0.1) is 35.5 Å². The van der Waals surface area contributed by atoms with Crippen molar-refractivity contribution >= 4 is 11.8 Å². The van der Waals surface area contributed by atoms with Crippen LogP contribution in [-0.2, 0) is 14.3 Å². The van der Waals surface area contributed by atoms with Gasteiger partial charge in [0.15, 0.2) is 0 Å². The molecule has 5 nitrogen and oxygen atoms in total. The molecule has 0 radical (unpaired) electrons. The van der Waals surface area contributed by atoms with Crippen molar-refractivity contribution in [1.82, 2.24) is 0 Å². The van der Waals surface area contributed by atoms with E-state index in [0.717, 1.165) is 19.3 Å². The Morgan fingerprint density at radius 2 is 1.52 bits per heavy atom. The number of carbonyl (C=O) groups is 2. The normalized spacial score (nSPS) is 43.1. The van der Waals surface area contributed by atoms with E-state index in [9.17, 15) is 19.8 Å². The summed E-state index contributed by atoms with van der Waals surface area (Å²) in [5.41, 5.74) is 0. The minimum Gasteiger partial charge on any atom is -0.462 e. The van der Waals surface area contributed by atoms with Crippen LogP contribution in [0.15, 0.2) is 0 Å². The van der Waals surface area contributed by atoms with Crippen molar-refractivity contribution in [3.63, 3.8) is 0 Å². The maximum atomic E-state index is 12.8. The van der Waals surface area contributed by atoms with Gasteiger partial charge in [-0.3, -0.25) is 9.59 Å². The molecule has 158 valence electrons. The average molecular weight is 385 g/mol. The van der Waals surface area contributed by atoms with Gasteiger partial charge < -0.3 is 14.9 Å². The van der Waals surface area contributed by atoms with E-state index >= 15 is 0 Å². The first-order valence-corrected chi connectivity index (χ1v) is 10.6. The van der Waals surface area contributed by atoms with E-state index < -0.39 is 36.1 Å². The van der Waals surface area contributed by atoms with E-state index in [-0.39, 0.29) is 29.5 Å². The summed E-state index contributed by atoms with van der Waals surface area (Å²) in [4.78, 5) is 25.5. The van der Waals surface area contributed by atoms with Gasteiger partial charge in [0.05, 0.1) is 18.1 Å². The van der Waals surface area contributed by atoms with Crippen LogP contribution in [0.2, 0.25) is 0 Å². The fourth-order valence-electron chi connectivity index (χ4n) is 4.48. The van der Waals surface area contributed by atoms with Gasteiger partial charge in [-0.05, 0) is 38.0 Å². The number of Topliss-reactive ketones (excluding diaryl/α,β-unsaturated/α-hetero) is 1. The van der Waals surface area contributed by atoms with Crippen LogP contribution in [0.1, 0.15) is 74.1 Å². The minimum atomic E-state index is -0.860. The predicted octanol–water partition coefficient (Wildman–Crippen LogP) is 3.60. The molecule has 27 heavy (non-hydrogen) atoms. The lowest BCUT2D eigenvalue weighted by molar-refractivity contribution is -0.165. The fourth-order valence-corrected chi connectivity index (χ4v) is 4.48. The van der Waals surface area contributed by atoms with Crippen molar-refractivity contribution in [2.45, 2.75) is 92.5 Å². The smallest absolute Gasteiger partial charge is 0.311 e. The number of hydrogen-bond acceptors (Lipinski definition) is 5. The van der Waals surface area contributed by atoms with Crippen LogP contribution < -0.4 is 0 Å². The maximum absolute atomic E-state index is 12.8. The van der Waals surface area contributed by atoms with Crippen molar-refractivity contribution in [1.29, 1.82) is 0 Å². The van der Waals surface area contributed by atoms with E-state index in [4.69, 9.17) is 4.74 Å². The first-order valence-electron chi connectivity index (χ1n) is 10.6. The lowest BCUT2D eigenvalue weighted by Crippen LogP contribution is -2.43. The summed E-state index contributed by atoms with van der Waals surface area (Å²) in [6.07, 6.45) is 0.779. The number of aliphatic hydroxyl groups excluding tert-OH is 2. The quantitative estimate of drug-likeness (QED) is 0.711. The second-order valence-electron chi connectivity index (χ2n) is 9.04. The summed E-state index contributed by atoms with van der Waals surface area (Å²) in [6, 6.07) is 0. The number of rotatable bonds is 2. The third kappa shape index (κ3) is 6.28. The van der Waals surface area contributed by atoms with E-state index in [1.165, 1.54) is 0 Å². The SMILES string of the molecule is CCC[C@H]1OC(=O)[C@H](C)[C@@H](O)[C@H](C)CC(C)C[C@@H](C)C(=O)[C@H](C)[C@@H](O)[C@H]1C. The molecule has 0 bridgehead atoms. The zero-order valence-corrected chi connectivity index (χ0v) is 18.1. The molecule has 1 aliphatic heterocycles. The molecule has 5 heteroatoms. The standard InChI is InChI=1S/C22H40O5/c1-8-9-18-15(5)21(25)16(6)19(23)13(3)10-12(2)11-14(4)20(24)17(7)22(26)27-18/h12-18,20-21,24-25H,8-11H2,1-7H3/t12?,13-,14-,15+,16+,17-,18-,20+,21+/m1/s1. The molecule has 1 heterocycles. The molecule has 0 spiro atoms. The molecule has 0 aliphatic carbocycles. The van der Waals surface area contributed by atoms with Crippen molar-refractivity contribution in [2.24, 2.45) is 35.5 Å². The number of ketones is 1. The molecule has 1 fully saturated rings. The number of cyclic esters (lactones) is 1. The maximum Gasteiger partial charge on any atom is 0.311 e. The molecule has 1 saturated heterocycles. The molecule has 9 atom stereocenters. The molecule has 1 aliphatic rings. The molecule has 1 rings (SSSR count). The highest BCUT2D eigenvalue weighted by molar-refractivity contribution is 5.83. The highest BCUT2D eigenvalue weighted by Crippen LogP contribution is 2.30. The lowest BCUT2D eigenvalue weighted by atomic mass is 9.78. The van der Waals surface area contributed by atoms with Gasteiger partial charge in [0.25, 0.3) is 0 Å². The van der Waals surface area contributed by atoms with Crippen LogP contribution in [0.25, 0.3) is 0 Å². The summed E-state index contributed by atoms with van der Waals surface area (Å²) >= 11 is 0. The van der Waals surface area contributed by atoms with Crippen LogP contribution in [0.3, 0.4) is 0 Å². The van der Waals surface area contributed by atoms with Crippen molar-refractivity contribution < 1.29 is 24.5 Å². The number of hydrogen-bond donors (Lipinski definition) is 2. The van der Waals surface area contributed by atoms with Gasteiger partial charge >= 0.3 is 5.97 Å². The summed E-state index contributed by atoms with van der Waals surface area (Å²) < 4.78 is 5.72. The Morgan fingerprint density at radius 3 is 2.07 bits per heavy atom. The molecule has 0 aromatic carbocycles. The average Bonchev–Trinajstić information content (AvgIpc) is 2.62. The van der Waals surface area contributed by atoms with Gasteiger partial charge in [-0.15, -0.1) is 0 Å². The number of ether oxygens (including phenoxy) is 1. The number of carbonyl (C=O) groups excluding carboxylic acids is 2. The van der Waals surface area contributed by atoms with E-state index in [1.54, 1.807) is 13.8 Å². The monoisotopic (exact) mass is 384 g/mol. The Morgan fingerprint density at radius 1 is 0.926 bits per heavy atom. The van der Waals surface area contributed by atoms with E-state index in [2.05, 4.69) is 6.92 Å². The summed E-state index contributed by atoms with van der Waals surface area (Å²) in [5.74, 6) is -1.78. The Balaban J connectivity index is 3.17. The van der Waals surface area contributed by atoms with Gasteiger partial charge in [-0.2, -0.15) is 0 Å². The largest absolute Gasteiger partial charge is 0.462 e. The van der Waals surface area contributed by atoms with Gasteiger partial charge in [0, 0.05) is 17.8 Å². The highest BCUT2D eigenvalue weighted by atomic mass is 16.5. The molecule has 0 aromatic rings. The van der Waals surface area contributed by atoms with Gasteiger partial charge in [0.2, 0.25) is 0 Å². The highest BCUT2D eigenvalue weighted by Gasteiger charge is 2.38. The fraction of sp³-hybridized carbons (Fsp3) is 0.909. The van der Waals surface area contributed by atoms with Crippen LogP contribution in [0.4, 0.5) is 0 Å². The van der Waals surface area contributed by atoms with Crippen LogP contribution >= 0.6 is 0 Å². The van der Waals surface area contributed by atoms with E-state index in [0.29, 0.717) is 6.42 Å². The summed E-state index contributed by atoms with van der Waals surface area (Å²) in [6.45, 7) is 13.3.